The molecule has 0 saturated heterocycles. The molecule has 5 rings (SSSR count). The van der Waals surface area contributed by atoms with Gasteiger partial charge in [-0.25, -0.2) is 9.37 Å². The number of halogens is 1. The topological polar surface area (TPSA) is 62.7 Å². The molecule has 0 atom stereocenters. The predicted octanol–water partition coefficient (Wildman–Crippen LogP) is 4.84. The lowest BCUT2D eigenvalue weighted by Crippen LogP contribution is -2.32. The molecule has 2 heterocycles. The van der Waals surface area contributed by atoms with E-state index in [1.165, 1.54) is 29.5 Å². The summed E-state index contributed by atoms with van der Waals surface area (Å²) >= 11 is 1.54. The Morgan fingerprint density at radius 1 is 1.13 bits per heavy atom. The van der Waals surface area contributed by atoms with E-state index in [4.69, 9.17) is 4.74 Å². The van der Waals surface area contributed by atoms with Gasteiger partial charge in [0.25, 0.3) is 5.91 Å². The molecule has 1 N–H and O–H groups in total. The average Bonchev–Trinajstić information content (AvgIpc) is 3.06. The number of ether oxygens (including phenoxy) is 1. The lowest BCUT2D eigenvalue weighted by atomic mass is 10.1. The minimum absolute atomic E-state index is 0.0156. The fourth-order valence-electron chi connectivity index (χ4n) is 3.60. The third kappa shape index (κ3) is 3.37. The Balaban J connectivity index is 1.51. The Kier molecular flexibility index (Phi) is 4.59. The number of carbonyl (C=O) groups excluding carboxylic acids is 1. The van der Waals surface area contributed by atoms with E-state index in [2.05, 4.69) is 4.98 Å². The molecule has 150 valence electrons. The Morgan fingerprint density at radius 2 is 2.00 bits per heavy atom. The van der Waals surface area contributed by atoms with Crippen molar-refractivity contribution in [1.29, 1.82) is 0 Å². The molecule has 1 amide bonds. The molecule has 3 aromatic carbocycles. The Morgan fingerprint density at radius 3 is 2.83 bits per heavy atom. The second kappa shape index (κ2) is 7.42. The minimum atomic E-state index is -0.455. The number of phenols is 1. The van der Waals surface area contributed by atoms with Crippen LogP contribution in [0.25, 0.3) is 20.8 Å². The largest absolute Gasteiger partial charge is 0.504 e. The van der Waals surface area contributed by atoms with Gasteiger partial charge in [-0.1, -0.05) is 18.2 Å². The van der Waals surface area contributed by atoms with Gasteiger partial charge < -0.3 is 14.7 Å². The first-order valence-electron chi connectivity index (χ1n) is 9.48. The van der Waals surface area contributed by atoms with Crippen molar-refractivity contribution in [2.75, 3.05) is 13.2 Å². The van der Waals surface area contributed by atoms with E-state index in [0.717, 1.165) is 20.8 Å². The van der Waals surface area contributed by atoms with Crippen molar-refractivity contribution in [3.63, 3.8) is 0 Å². The van der Waals surface area contributed by atoms with Gasteiger partial charge >= 0.3 is 0 Å². The number of aromatic hydroxyl groups is 1. The lowest BCUT2D eigenvalue weighted by Gasteiger charge is -2.20. The van der Waals surface area contributed by atoms with E-state index in [-0.39, 0.29) is 30.4 Å². The number of thiazole rings is 1. The summed E-state index contributed by atoms with van der Waals surface area (Å²) in [4.78, 5) is 19.2. The first-order valence-corrected chi connectivity index (χ1v) is 10.3. The number of benzene rings is 3. The zero-order valence-electron chi connectivity index (χ0n) is 15.8. The maximum atomic E-state index is 13.6. The van der Waals surface area contributed by atoms with Crippen LogP contribution in [0, 0.1) is 5.82 Å². The van der Waals surface area contributed by atoms with Crippen LogP contribution in [-0.4, -0.2) is 34.0 Å². The highest BCUT2D eigenvalue weighted by molar-refractivity contribution is 7.21. The first kappa shape index (κ1) is 18.6. The number of phenolic OH excluding ortho intramolecular Hbond substituents is 1. The summed E-state index contributed by atoms with van der Waals surface area (Å²) in [5, 5.41) is 11.4. The van der Waals surface area contributed by atoms with Gasteiger partial charge in [-0.3, -0.25) is 4.79 Å². The summed E-state index contributed by atoms with van der Waals surface area (Å²) < 4.78 is 20.4. The third-order valence-corrected chi connectivity index (χ3v) is 6.10. The molecule has 0 fully saturated rings. The van der Waals surface area contributed by atoms with Gasteiger partial charge in [-0.05, 0) is 42.5 Å². The molecular weight excluding hydrogens is 403 g/mol. The number of nitrogens with zero attached hydrogens (tertiary/aromatic N) is 2. The highest BCUT2D eigenvalue weighted by Crippen LogP contribution is 2.39. The first-order chi connectivity index (χ1) is 14.6. The van der Waals surface area contributed by atoms with Crippen LogP contribution in [0.15, 0.2) is 60.7 Å². The zero-order valence-corrected chi connectivity index (χ0v) is 16.7. The molecule has 0 radical (unpaired) electrons. The van der Waals surface area contributed by atoms with Gasteiger partial charge in [0.2, 0.25) is 0 Å². The quantitative estimate of drug-likeness (QED) is 0.504. The number of aromatic nitrogens is 1. The van der Waals surface area contributed by atoms with Crippen LogP contribution >= 0.6 is 11.3 Å². The maximum Gasteiger partial charge on any atom is 0.254 e. The van der Waals surface area contributed by atoms with Crippen molar-refractivity contribution in [1.82, 2.24) is 9.88 Å². The fraction of sp³-hybridized carbons (Fsp3) is 0.130. The van der Waals surface area contributed by atoms with Crippen molar-refractivity contribution in [3.8, 4) is 22.1 Å². The molecule has 5 nitrogen and oxygen atoms in total. The molecule has 7 heteroatoms. The molecule has 0 unspecified atom stereocenters. The number of carbonyl (C=O) groups is 1. The van der Waals surface area contributed by atoms with Crippen molar-refractivity contribution in [2.24, 2.45) is 0 Å². The van der Waals surface area contributed by atoms with E-state index >= 15 is 0 Å². The van der Waals surface area contributed by atoms with Gasteiger partial charge in [-0.2, -0.15) is 0 Å². The maximum absolute atomic E-state index is 13.6. The van der Waals surface area contributed by atoms with Crippen molar-refractivity contribution >= 4 is 27.5 Å². The van der Waals surface area contributed by atoms with E-state index < -0.39 is 5.82 Å². The summed E-state index contributed by atoms with van der Waals surface area (Å²) in [6.45, 7) is 0.818. The van der Waals surface area contributed by atoms with Crippen LogP contribution in [0.1, 0.15) is 15.9 Å². The summed E-state index contributed by atoms with van der Waals surface area (Å²) in [5.41, 5.74) is 2.62. The fourth-order valence-corrected chi connectivity index (χ4v) is 4.55. The van der Waals surface area contributed by atoms with E-state index in [1.54, 1.807) is 17.0 Å². The van der Waals surface area contributed by atoms with Gasteiger partial charge in [0.05, 0.1) is 16.8 Å². The van der Waals surface area contributed by atoms with Crippen LogP contribution in [0.5, 0.6) is 11.5 Å². The number of para-hydroxylation sites is 1. The monoisotopic (exact) mass is 420 g/mol. The minimum Gasteiger partial charge on any atom is -0.504 e. The smallest absolute Gasteiger partial charge is 0.254 e. The molecule has 30 heavy (non-hydrogen) atoms. The Labute approximate surface area is 176 Å². The van der Waals surface area contributed by atoms with Crippen LogP contribution in [0.2, 0.25) is 0 Å². The van der Waals surface area contributed by atoms with E-state index in [0.29, 0.717) is 17.9 Å². The molecule has 0 saturated carbocycles. The summed E-state index contributed by atoms with van der Waals surface area (Å²) in [7, 11) is 0. The van der Waals surface area contributed by atoms with Crippen LogP contribution in [-0.2, 0) is 6.54 Å². The highest BCUT2D eigenvalue weighted by Gasteiger charge is 2.24. The number of amides is 1. The lowest BCUT2D eigenvalue weighted by molar-refractivity contribution is 0.0732. The van der Waals surface area contributed by atoms with Crippen molar-refractivity contribution < 1.29 is 19.0 Å². The number of hydrogen-bond acceptors (Lipinski definition) is 5. The molecular formula is C23H17FN2O3S. The summed E-state index contributed by atoms with van der Waals surface area (Å²) in [5.74, 6) is -0.352. The molecule has 1 aliphatic rings. The molecule has 1 aliphatic heterocycles. The number of hydrogen-bond donors (Lipinski definition) is 1. The third-order valence-electron chi connectivity index (χ3n) is 5.01. The van der Waals surface area contributed by atoms with Crippen LogP contribution in [0.4, 0.5) is 4.39 Å². The Bertz CT molecular complexity index is 1240. The van der Waals surface area contributed by atoms with Crippen LogP contribution in [0.3, 0.4) is 0 Å². The predicted molar refractivity (Wildman–Crippen MR) is 113 cm³/mol. The Hall–Kier alpha value is -3.45. The van der Waals surface area contributed by atoms with Gasteiger partial charge in [0, 0.05) is 23.2 Å². The van der Waals surface area contributed by atoms with Crippen molar-refractivity contribution in [2.45, 2.75) is 6.54 Å². The molecule has 0 aliphatic carbocycles. The molecule has 0 spiro atoms. The molecule has 0 bridgehead atoms. The van der Waals surface area contributed by atoms with Gasteiger partial charge in [0.1, 0.15) is 17.4 Å². The molecule has 4 aromatic rings. The zero-order chi connectivity index (χ0) is 20.7. The van der Waals surface area contributed by atoms with E-state index in [1.807, 2.05) is 30.3 Å². The van der Waals surface area contributed by atoms with Crippen molar-refractivity contribution in [3.05, 3.63) is 77.6 Å². The second-order valence-corrected chi connectivity index (χ2v) is 8.09. The standard InChI is InChI=1S/C23H17FN2O3S/c24-17-5-3-4-14(11-17)23(28)26-8-9-29-21-16(13-26)10-15(12-19(21)27)22-25-18-6-1-2-7-20(18)30-22/h1-7,10-12,27H,8-9,13H2. The number of fused-ring (bicyclic) bond motifs is 2. The highest BCUT2D eigenvalue weighted by atomic mass is 32.1. The second-order valence-electron chi connectivity index (χ2n) is 7.06. The average molecular weight is 420 g/mol. The molecule has 1 aromatic heterocycles. The normalized spacial score (nSPS) is 13.6. The van der Waals surface area contributed by atoms with E-state index in [9.17, 15) is 14.3 Å². The van der Waals surface area contributed by atoms with Gasteiger partial charge in [-0.15, -0.1) is 11.3 Å². The van der Waals surface area contributed by atoms with Gasteiger partial charge in [0.15, 0.2) is 11.5 Å². The van der Waals surface area contributed by atoms with Crippen LogP contribution < -0.4 is 4.74 Å². The summed E-state index contributed by atoms with van der Waals surface area (Å²) in [6, 6.07) is 17.0. The number of rotatable bonds is 2. The summed E-state index contributed by atoms with van der Waals surface area (Å²) in [6.07, 6.45) is 0. The SMILES string of the molecule is O=C(c1cccc(F)c1)N1CCOc2c(O)cc(-c3nc4ccccc4s3)cc2C1.